The predicted octanol–water partition coefficient (Wildman–Crippen LogP) is 2.77. The number of ether oxygens (including phenoxy) is 1. The van der Waals surface area contributed by atoms with E-state index in [-0.39, 0.29) is 0 Å². The molecule has 0 aromatic rings. The Balaban J connectivity index is 1.77. The molecule has 1 heteroatoms. The van der Waals surface area contributed by atoms with Gasteiger partial charge in [-0.25, -0.2) is 0 Å². The van der Waals surface area contributed by atoms with Gasteiger partial charge in [0.1, 0.15) is 0 Å². The van der Waals surface area contributed by atoms with E-state index in [0.717, 1.165) is 18.4 Å². The zero-order valence-electron chi connectivity index (χ0n) is 8.55. The minimum absolute atomic E-state index is 0.583. The van der Waals surface area contributed by atoms with Gasteiger partial charge in [0, 0.05) is 0 Å². The third kappa shape index (κ3) is 1.10. The number of fused-ring (bicyclic) bond motifs is 1. The lowest BCUT2D eigenvalue weighted by atomic mass is 9.48. The van der Waals surface area contributed by atoms with Crippen LogP contribution < -0.4 is 0 Å². The molecule has 3 aliphatic carbocycles. The second kappa shape index (κ2) is 2.38. The molecule has 2 fully saturated rings. The lowest BCUT2D eigenvalue weighted by Crippen LogP contribution is -2.48. The summed E-state index contributed by atoms with van der Waals surface area (Å²) in [6.07, 6.45) is 7.07. The SMILES string of the molecule is CC1(C)C2CC=C(CC3CO3)C1C2. The van der Waals surface area contributed by atoms with Gasteiger partial charge in [0.2, 0.25) is 0 Å². The molecular weight excluding hydrogens is 160 g/mol. The number of allylic oxidation sites excluding steroid dienone is 1. The fourth-order valence-corrected chi connectivity index (χ4v) is 3.16. The summed E-state index contributed by atoms with van der Waals surface area (Å²) in [4.78, 5) is 0. The molecule has 0 aromatic carbocycles. The minimum Gasteiger partial charge on any atom is -0.373 e. The van der Waals surface area contributed by atoms with Crippen LogP contribution in [0.4, 0.5) is 0 Å². The summed E-state index contributed by atoms with van der Waals surface area (Å²) in [7, 11) is 0. The van der Waals surface area contributed by atoms with Crippen LogP contribution in [0, 0.1) is 17.3 Å². The number of hydrogen-bond acceptors (Lipinski definition) is 1. The molecule has 4 aliphatic rings. The summed E-state index contributed by atoms with van der Waals surface area (Å²) in [5.41, 5.74) is 2.30. The van der Waals surface area contributed by atoms with Crippen LogP contribution in [0.3, 0.4) is 0 Å². The van der Waals surface area contributed by atoms with Crippen molar-refractivity contribution in [3.63, 3.8) is 0 Å². The van der Waals surface area contributed by atoms with E-state index < -0.39 is 0 Å². The Morgan fingerprint density at radius 1 is 1.54 bits per heavy atom. The Hall–Kier alpha value is -0.300. The van der Waals surface area contributed by atoms with Gasteiger partial charge in [-0.05, 0) is 36.5 Å². The molecule has 3 unspecified atom stereocenters. The zero-order valence-corrected chi connectivity index (χ0v) is 8.55. The van der Waals surface area contributed by atoms with Crippen molar-refractivity contribution >= 4 is 0 Å². The van der Waals surface area contributed by atoms with Gasteiger partial charge in [-0.2, -0.15) is 0 Å². The van der Waals surface area contributed by atoms with Crippen LogP contribution in [0.5, 0.6) is 0 Å². The number of hydrogen-bond donors (Lipinski definition) is 0. The molecule has 4 rings (SSSR count). The fourth-order valence-electron chi connectivity index (χ4n) is 3.16. The molecule has 1 nitrogen and oxygen atoms in total. The first-order chi connectivity index (χ1) is 6.18. The standard InChI is InChI=1S/C12H18O/c1-12(2)9-4-3-8(11(12)6-9)5-10-7-13-10/h3,9-11H,4-7H2,1-2H3. The van der Waals surface area contributed by atoms with Gasteiger partial charge < -0.3 is 4.74 Å². The summed E-state index contributed by atoms with van der Waals surface area (Å²) in [5, 5.41) is 0. The van der Waals surface area contributed by atoms with Crippen LogP contribution in [-0.2, 0) is 4.74 Å². The third-order valence-electron chi connectivity index (χ3n) is 4.45. The molecule has 72 valence electrons. The molecule has 1 saturated carbocycles. The van der Waals surface area contributed by atoms with Crippen LogP contribution in [-0.4, -0.2) is 12.7 Å². The van der Waals surface area contributed by atoms with E-state index in [0.29, 0.717) is 11.5 Å². The molecule has 0 amide bonds. The van der Waals surface area contributed by atoms with Crippen molar-refractivity contribution in [3.05, 3.63) is 11.6 Å². The first-order valence-corrected chi connectivity index (χ1v) is 5.48. The highest BCUT2D eigenvalue weighted by molar-refractivity contribution is 5.24. The van der Waals surface area contributed by atoms with Crippen LogP contribution in [0.25, 0.3) is 0 Å². The normalized spacial score (nSPS) is 45.1. The first-order valence-electron chi connectivity index (χ1n) is 5.48. The lowest BCUT2D eigenvalue weighted by molar-refractivity contribution is -0.00875. The van der Waals surface area contributed by atoms with Crippen LogP contribution >= 0.6 is 0 Å². The van der Waals surface area contributed by atoms with Crippen molar-refractivity contribution in [2.45, 2.75) is 39.2 Å². The Bertz CT molecular complexity index is 260. The van der Waals surface area contributed by atoms with Crippen molar-refractivity contribution < 1.29 is 4.74 Å². The largest absolute Gasteiger partial charge is 0.373 e. The molecule has 1 saturated heterocycles. The highest BCUT2D eigenvalue weighted by atomic mass is 16.6. The van der Waals surface area contributed by atoms with Gasteiger partial charge in [-0.15, -0.1) is 0 Å². The quantitative estimate of drug-likeness (QED) is 0.468. The third-order valence-corrected chi connectivity index (χ3v) is 4.45. The maximum Gasteiger partial charge on any atom is 0.0847 e. The summed E-state index contributed by atoms with van der Waals surface area (Å²) >= 11 is 0. The van der Waals surface area contributed by atoms with Crippen molar-refractivity contribution in [1.82, 2.24) is 0 Å². The smallest absolute Gasteiger partial charge is 0.0847 e. The van der Waals surface area contributed by atoms with Crippen molar-refractivity contribution in [1.29, 1.82) is 0 Å². The van der Waals surface area contributed by atoms with E-state index in [2.05, 4.69) is 19.9 Å². The van der Waals surface area contributed by atoms with E-state index in [1.165, 1.54) is 19.3 Å². The van der Waals surface area contributed by atoms with E-state index in [4.69, 9.17) is 4.74 Å². The van der Waals surface area contributed by atoms with Crippen molar-refractivity contribution in [2.75, 3.05) is 6.61 Å². The molecule has 0 spiro atoms. The highest BCUT2D eigenvalue weighted by Crippen LogP contribution is 2.60. The van der Waals surface area contributed by atoms with Crippen molar-refractivity contribution in [2.24, 2.45) is 17.3 Å². The minimum atomic E-state index is 0.583. The molecule has 0 radical (unpaired) electrons. The second-order valence-corrected chi connectivity index (χ2v) is 5.48. The lowest BCUT2D eigenvalue weighted by Gasteiger charge is -2.56. The van der Waals surface area contributed by atoms with Gasteiger partial charge in [0.05, 0.1) is 12.7 Å². The zero-order chi connectivity index (χ0) is 9.05. The fraction of sp³-hybridized carbons (Fsp3) is 0.833. The molecule has 1 heterocycles. The van der Waals surface area contributed by atoms with Gasteiger partial charge in [-0.1, -0.05) is 25.5 Å². The van der Waals surface area contributed by atoms with E-state index in [1.54, 1.807) is 5.57 Å². The molecule has 13 heavy (non-hydrogen) atoms. The molecule has 2 bridgehead atoms. The van der Waals surface area contributed by atoms with E-state index in [1.807, 2.05) is 0 Å². The average molecular weight is 178 g/mol. The van der Waals surface area contributed by atoms with Crippen LogP contribution in [0.1, 0.15) is 33.1 Å². The van der Waals surface area contributed by atoms with Gasteiger partial charge in [0.25, 0.3) is 0 Å². The summed E-state index contributed by atoms with van der Waals surface area (Å²) in [6, 6.07) is 0. The Morgan fingerprint density at radius 2 is 2.31 bits per heavy atom. The van der Waals surface area contributed by atoms with Gasteiger partial charge in [0.15, 0.2) is 0 Å². The number of rotatable bonds is 2. The van der Waals surface area contributed by atoms with E-state index in [9.17, 15) is 0 Å². The maximum atomic E-state index is 5.30. The predicted molar refractivity (Wildman–Crippen MR) is 52.4 cm³/mol. The highest BCUT2D eigenvalue weighted by Gasteiger charge is 2.51. The van der Waals surface area contributed by atoms with E-state index >= 15 is 0 Å². The molecule has 3 atom stereocenters. The summed E-state index contributed by atoms with van der Waals surface area (Å²) in [6.45, 7) is 5.88. The summed E-state index contributed by atoms with van der Waals surface area (Å²) in [5.74, 6) is 1.86. The maximum absolute atomic E-state index is 5.30. The topological polar surface area (TPSA) is 12.5 Å². The Kier molecular flexibility index (Phi) is 1.48. The Labute approximate surface area is 80.2 Å². The molecule has 1 aliphatic heterocycles. The summed E-state index contributed by atoms with van der Waals surface area (Å²) < 4.78 is 5.30. The van der Waals surface area contributed by atoms with Crippen LogP contribution in [0.2, 0.25) is 0 Å². The first kappa shape index (κ1) is 8.05. The van der Waals surface area contributed by atoms with Crippen molar-refractivity contribution in [3.8, 4) is 0 Å². The second-order valence-electron chi connectivity index (χ2n) is 5.48. The number of epoxide rings is 1. The molecular formula is C12H18O. The molecule has 0 N–H and O–H groups in total. The van der Waals surface area contributed by atoms with Gasteiger partial charge >= 0.3 is 0 Å². The monoisotopic (exact) mass is 178 g/mol. The van der Waals surface area contributed by atoms with Gasteiger partial charge in [-0.3, -0.25) is 0 Å². The average Bonchev–Trinajstić information content (AvgIpc) is 2.88. The molecule has 0 aromatic heterocycles. The Morgan fingerprint density at radius 3 is 2.85 bits per heavy atom. The van der Waals surface area contributed by atoms with Crippen LogP contribution in [0.15, 0.2) is 11.6 Å².